The fraction of sp³-hybridized carbons (Fsp3) is 0.849. The molecule has 0 aliphatic carbocycles. The standard InChI is InChI=1S/C86H159NO8/c1-6-8-10-12-14-16-18-20-22-24-26-28-30-32-34-36-38-39-40-41-42-43-44-45-47-48-50-52-54-56-58-60-62-64-66-68-70-72-74-76-83(88)93-80-82(81-94-86(85(90)91)92-79-78-87(3,4)5)95-84(89)77-75-73-71-69-67-65-63-61-59-57-55-53-51-49-46-37-35-33-31-29-27-25-23-21-19-17-15-13-11-9-7-2/h9,11,15,17,21,23-24,26-27,29,82,86H,6-8,10,12-14,16,18-20,22,25,28,30-81H2,1-5H3/p+1/b11-9-,17-15-,23-21-,26-24-,29-27-. The minimum Gasteiger partial charge on any atom is -0.477 e. The third kappa shape index (κ3) is 78.2. The summed E-state index contributed by atoms with van der Waals surface area (Å²) in [6, 6.07) is 0. The smallest absolute Gasteiger partial charge is 0.361 e. The summed E-state index contributed by atoms with van der Waals surface area (Å²) in [5.41, 5.74) is 0. The molecular weight excluding hydrogens is 1170 g/mol. The van der Waals surface area contributed by atoms with Gasteiger partial charge in [0.1, 0.15) is 13.2 Å². The molecule has 9 heteroatoms. The molecule has 0 aliphatic rings. The van der Waals surface area contributed by atoms with Gasteiger partial charge in [0.05, 0.1) is 34.4 Å². The Balaban J connectivity index is 3.94. The summed E-state index contributed by atoms with van der Waals surface area (Å²) < 4.78 is 23.1. The number of allylic oxidation sites excluding steroid dienone is 10. The number of carboxylic acid groups (broad SMARTS) is 1. The van der Waals surface area contributed by atoms with E-state index in [9.17, 15) is 19.5 Å². The van der Waals surface area contributed by atoms with Crippen LogP contribution < -0.4 is 0 Å². The van der Waals surface area contributed by atoms with Crippen molar-refractivity contribution in [2.75, 3.05) is 47.5 Å². The van der Waals surface area contributed by atoms with Crippen molar-refractivity contribution in [2.45, 2.75) is 424 Å². The molecule has 0 amide bonds. The molecule has 0 aromatic carbocycles. The third-order valence-corrected chi connectivity index (χ3v) is 18.8. The van der Waals surface area contributed by atoms with Gasteiger partial charge in [-0.1, -0.05) is 383 Å². The quantitative estimate of drug-likeness (QED) is 0.0211. The Morgan fingerprint density at radius 2 is 0.600 bits per heavy atom. The highest BCUT2D eigenvalue weighted by molar-refractivity contribution is 5.71. The zero-order chi connectivity index (χ0) is 69.0. The van der Waals surface area contributed by atoms with E-state index in [1.165, 1.54) is 321 Å². The van der Waals surface area contributed by atoms with Gasteiger partial charge in [-0.25, -0.2) is 4.79 Å². The van der Waals surface area contributed by atoms with Crippen LogP contribution in [0.3, 0.4) is 0 Å². The molecule has 0 saturated carbocycles. The Morgan fingerprint density at radius 3 is 0.905 bits per heavy atom. The molecule has 9 nitrogen and oxygen atoms in total. The van der Waals surface area contributed by atoms with Crippen LogP contribution in [0.5, 0.6) is 0 Å². The Bertz CT molecular complexity index is 1750. The van der Waals surface area contributed by atoms with Crippen molar-refractivity contribution in [1.29, 1.82) is 0 Å². The van der Waals surface area contributed by atoms with Gasteiger partial charge >= 0.3 is 17.9 Å². The number of carboxylic acids is 1. The van der Waals surface area contributed by atoms with Crippen LogP contribution in [0.2, 0.25) is 0 Å². The van der Waals surface area contributed by atoms with E-state index in [0.29, 0.717) is 17.4 Å². The minimum atomic E-state index is -1.51. The second kappa shape index (κ2) is 76.7. The summed E-state index contributed by atoms with van der Waals surface area (Å²) in [5.74, 6) is -1.97. The van der Waals surface area contributed by atoms with Crippen molar-refractivity contribution in [3.05, 3.63) is 60.8 Å². The highest BCUT2D eigenvalue weighted by Gasteiger charge is 2.25. The van der Waals surface area contributed by atoms with Gasteiger partial charge in [-0.15, -0.1) is 0 Å². The van der Waals surface area contributed by atoms with Gasteiger partial charge in [0.15, 0.2) is 6.10 Å². The minimum absolute atomic E-state index is 0.177. The average Bonchev–Trinajstić information content (AvgIpc) is 3.24. The lowest BCUT2D eigenvalue weighted by Gasteiger charge is -2.25. The summed E-state index contributed by atoms with van der Waals surface area (Å²) >= 11 is 0. The molecule has 0 spiro atoms. The highest BCUT2D eigenvalue weighted by Crippen LogP contribution is 2.20. The highest BCUT2D eigenvalue weighted by atomic mass is 16.7. The number of carbonyl (C=O) groups excluding carboxylic acids is 2. The Hall–Kier alpha value is -3.01. The first-order valence-corrected chi connectivity index (χ1v) is 41.5. The molecule has 0 aromatic rings. The lowest BCUT2D eigenvalue weighted by Crippen LogP contribution is -2.40. The van der Waals surface area contributed by atoms with Crippen LogP contribution in [0.1, 0.15) is 412 Å². The average molecular weight is 1340 g/mol. The van der Waals surface area contributed by atoms with Crippen molar-refractivity contribution >= 4 is 17.9 Å². The van der Waals surface area contributed by atoms with Crippen LogP contribution in [-0.4, -0.2) is 87.4 Å². The maximum Gasteiger partial charge on any atom is 0.361 e. The summed E-state index contributed by atoms with van der Waals surface area (Å²) in [6.45, 7) is 4.84. The zero-order valence-electron chi connectivity index (χ0n) is 63.8. The van der Waals surface area contributed by atoms with Gasteiger partial charge in [0.2, 0.25) is 0 Å². The fourth-order valence-corrected chi connectivity index (χ4v) is 12.5. The molecule has 0 heterocycles. The van der Waals surface area contributed by atoms with E-state index in [4.69, 9.17) is 18.9 Å². The summed E-state index contributed by atoms with van der Waals surface area (Å²) in [6.07, 6.45) is 99.7. The second-order valence-electron chi connectivity index (χ2n) is 29.4. The molecular formula is C86H160NO8+. The number of unbranched alkanes of at least 4 members (excludes halogenated alkanes) is 53. The van der Waals surface area contributed by atoms with E-state index >= 15 is 0 Å². The fourth-order valence-electron chi connectivity index (χ4n) is 12.5. The summed E-state index contributed by atoms with van der Waals surface area (Å²) in [7, 11) is 6.00. The van der Waals surface area contributed by atoms with Crippen LogP contribution in [0.15, 0.2) is 60.8 Å². The van der Waals surface area contributed by atoms with E-state index in [2.05, 4.69) is 74.6 Å². The van der Waals surface area contributed by atoms with Crippen LogP contribution in [0, 0.1) is 0 Å². The van der Waals surface area contributed by atoms with E-state index in [1.807, 2.05) is 21.1 Å². The number of hydrogen-bond donors (Lipinski definition) is 1. The number of ether oxygens (including phenoxy) is 4. The molecule has 0 fully saturated rings. The van der Waals surface area contributed by atoms with Crippen molar-refractivity contribution < 1.29 is 42.9 Å². The molecule has 2 atom stereocenters. The Kier molecular flexibility index (Phi) is 74.3. The van der Waals surface area contributed by atoms with Crippen LogP contribution in [-0.2, 0) is 33.3 Å². The zero-order valence-corrected chi connectivity index (χ0v) is 63.8. The van der Waals surface area contributed by atoms with Crippen LogP contribution >= 0.6 is 0 Å². The largest absolute Gasteiger partial charge is 0.477 e. The van der Waals surface area contributed by atoms with E-state index in [-0.39, 0.29) is 38.2 Å². The first kappa shape index (κ1) is 92.0. The first-order valence-electron chi connectivity index (χ1n) is 41.5. The predicted molar refractivity (Wildman–Crippen MR) is 410 cm³/mol. The van der Waals surface area contributed by atoms with Gasteiger partial charge in [-0.05, 0) is 77.0 Å². The maximum atomic E-state index is 13.0. The number of rotatable bonds is 78. The summed E-state index contributed by atoms with van der Waals surface area (Å²) in [5, 5.41) is 9.78. The molecule has 0 aromatic heterocycles. The topological polar surface area (TPSA) is 108 Å². The number of hydrogen-bond acceptors (Lipinski definition) is 7. The Labute approximate surface area is 590 Å². The van der Waals surface area contributed by atoms with E-state index < -0.39 is 18.4 Å². The van der Waals surface area contributed by atoms with Crippen molar-refractivity contribution in [2.24, 2.45) is 0 Å². The lowest BCUT2D eigenvalue weighted by atomic mass is 10.0. The number of aliphatic carboxylic acids is 1. The lowest BCUT2D eigenvalue weighted by molar-refractivity contribution is -0.870. The maximum absolute atomic E-state index is 13.0. The van der Waals surface area contributed by atoms with Gasteiger partial charge < -0.3 is 28.5 Å². The number of quaternary nitrogens is 1. The molecule has 0 aliphatic heterocycles. The van der Waals surface area contributed by atoms with E-state index in [1.54, 1.807) is 0 Å². The van der Waals surface area contributed by atoms with Crippen LogP contribution in [0.4, 0.5) is 0 Å². The normalized spacial score (nSPS) is 12.9. The molecule has 0 bridgehead atoms. The number of esters is 2. The molecule has 0 radical (unpaired) electrons. The van der Waals surface area contributed by atoms with Gasteiger partial charge in [-0.2, -0.15) is 0 Å². The SMILES string of the molecule is CC/C=C\C/C=C\C/C=C\C/C=C\CCCCCCCCCCCCCCCCCCCCC(=O)OC(COC(=O)CCCCCCCCCCCCCCCCCCCCCCCCCCCCC/C=C\CCCCCCCCCC)COC(OCC[N+](C)(C)C)C(=O)O. The van der Waals surface area contributed by atoms with Crippen molar-refractivity contribution in [3.63, 3.8) is 0 Å². The number of carbonyl (C=O) groups is 3. The molecule has 95 heavy (non-hydrogen) atoms. The predicted octanol–water partition coefficient (Wildman–Crippen LogP) is 26.6. The van der Waals surface area contributed by atoms with E-state index in [0.717, 1.165) is 64.2 Å². The molecule has 0 rings (SSSR count). The molecule has 1 N–H and O–H groups in total. The summed E-state index contributed by atoms with van der Waals surface area (Å²) in [4.78, 5) is 37.8. The van der Waals surface area contributed by atoms with Gasteiger partial charge in [0, 0.05) is 12.8 Å². The number of likely N-dealkylation sites (N-methyl/N-ethyl adjacent to an activating group) is 1. The number of nitrogens with zero attached hydrogens (tertiary/aromatic N) is 1. The first-order chi connectivity index (χ1) is 46.6. The van der Waals surface area contributed by atoms with Crippen molar-refractivity contribution in [1.82, 2.24) is 0 Å². The van der Waals surface area contributed by atoms with Gasteiger partial charge in [0.25, 0.3) is 6.29 Å². The van der Waals surface area contributed by atoms with Crippen LogP contribution in [0.25, 0.3) is 0 Å². The molecule has 2 unspecified atom stereocenters. The second-order valence-corrected chi connectivity index (χ2v) is 29.4. The monoisotopic (exact) mass is 1340 g/mol. The third-order valence-electron chi connectivity index (χ3n) is 18.8. The Morgan fingerprint density at radius 1 is 0.326 bits per heavy atom. The van der Waals surface area contributed by atoms with Crippen molar-refractivity contribution in [3.8, 4) is 0 Å². The molecule has 556 valence electrons. The van der Waals surface area contributed by atoms with Gasteiger partial charge in [-0.3, -0.25) is 9.59 Å². The molecule has 0 saturated heterocycles.